The van der Waals surface area contributed by atoms with Gasteiger partial charge in [-0.2, -0.15) is 0 Å². The average Bonchev–Trinajstić information content (AvgIpc) is 2.37. The number of ether oxygens (including phenoxy) is 3. The molecule has 1 aliphatic heterocycles. The number of hydrogen-bond acceptors (Lipinski definition) is 4. The zero-order chi connectivity index (χ0) is 12.3. The van der Waals surface area contributed by atoms with Crippen molar-refractivity contribution in [2.75, 3.05) is 20.3 Å². The Labute approximate surface area is 100 Å². The van der Waals surface area contributed by atoms with Crippen molar-refractivity contribution in [3.63, 3.8) is 0 Å². The van der Waals surface area contributed by atoms with E-state index in [1.165, 1.54) is 7.11 Å². The highest BCUT2D eigenvalue weighted by molar-refractivity contribution is 5.71. The third kappa shape index (κ3) is 2.52. The van der Waals surface area contributed by atoms with E-state index >= 15 is 0 Å². The topological polar surface area (TPSA) is 44.8 Å². The molecule has 1 aromatic rings. The number of methoxy groups -OCH3 is 1. The largest absolute Gasteiger partial charge is 0.493 e. The van der Waals surface area contributed by atoms with Crippen LogP contribution in [0.25, 0.3) is 0 Å². The van der Waals surface area contributed by atoms with Crippen LogP contribution in [0.3, 0.4) is 0 Å². The van der Waals surface area contributed by atoms with Crippen molar-refractivity contribution in [2.45, 2.75) is 19.8 Å². The molecule has 0 saturated carbocycles. The number of benzene rings is 1. The number of rotatable bonds is 3. The maximum absolute atomic E-state index is 11.1. The van der Waals surface area contributed by atoms with Gasteiger partial charge in [-0.25, -0.2) is 4.79 Å². The quantitative estimate of drug-likeness (QED) is 0.751. The molecular formula is C13H16O4. The van der Waals surface area contributed by atoms with Gasteiger partial charge in [-0.1, -0.05) is 6.07 Å². The second-order valence-corrected chi connectivity index (χ2v) is 4.01. The Bertz CT molecular complexity index is 426. The first-order valence-corrected chi connectivity index (χ1v) is 5.67. The van der Waals surface area contributed by atoms with Gasteiger partial charge in [0, 0.05) is 5.56 Å². The summed E-state index contributed by atoms with van der Waals surface area (Å²) in [6.45, 7) is 2.64. The van der Waals surface area contributed by atoms with Crippen LogP contribution in [0.5, 0.6) is 11.5 Å². The highest BCUT2D eigenvalue weighted by atomic mass is 16.6. The molecule has 0 bridgehead atoms. The minimum absolute atomic E-state index is 0.0617. The highest BCUT2D eigenvalue weighted by Gasteiger charge is 2.18. The Balaban J connectivity index is 2.22. The first-order valence-electron chi connectivity index (χ1n) is 5.67. The molecule has 0 unspecified atom stereocenters. The van der Waals surface area contributed by atoms with Gasteiger partial charge in [-0.15, -0.1) is 0 Å². The first kappa shape index (κ1) is 11.8. The van der Waals surface area contributed by atoms with Crippen molar-refractivity contribution in [2.24, 2.45) is 0 Å². The van der Waals surface area contributed by atoms with E-state index in [2.05, 4.69) is 4.74 Å². The molecule has 0 radical (unpaired) electrons. The fraction of sp³-hybridized carbons (Fsp3) is 0.462. The molecule has 0 aromatic heterocycles. The molecule has 1 aromatic carbocycles. The van der Waals surface area contributed by atoms with Crippen LogP contribution in [-0.2, 0) is 16.0 Å². The van der Waals surface area contributed by atoms with Crippen LogP contribution in [-0.4, -0.2) is 26.3 Å². The van der Waals surface area contributed by atoms with Crippen LogP contribution < -0.4 is 9.47 Å². The summed E-state index contributed by atoms with van der Waals surface area (Å²) in [5.41, 5.74) is 2.07. The van der Waals surface area contributed by atoms with Crippen molar-refractivity contribution in [1.29, 1.82) is 0 Å². The van der Waals surface area contributed by atoms with Gasteiger partial charge in [0.25, 0.3) is 0 Å². The number of esters is 1. The predicted molar refractivity (Wildman–Crippen MR) is 62.5 cm³/mol. The fourth-order valence-electron chi connectivity index (χ4n) is 1.92. The summed E-state index contributed by atoms with van der Waals surface area (Å²) in [6.07, 6.45) is 1.90. The zero-order valence-corrected chi connectivity index (χ0v) is 10.1. The third-order valence-electron chi connectivity index (χ3n) is 2.81. The Morgan fingerprint density at radius 2 is 2.29 bits per heavy atom. The minimum Gasteiger partial charge on any atom is -0.493 e. The SMILES string of the molecule is COC(=O)COc1c(C)ccc2c1CCCO2. The normalized spacial score (nSPS) is 13.5. The van der Waals surface area contributed by atoms with Gasteiger partial charge in [0.1, 0.15) is 11.5 Å². The van der Waals surface area contributed by atoms with Crippen molar-refractivity contribution in [3.8, 4) is 11.5 Å². The monoisotopic (exact) mass is 236 g/mol. The Hall–Kier alpha value is -1.71. The maximum Gasteiger partial charge on any atom is 0.343 e. The van der Waals surface area contributed by atoms with E-state index in [9.17, 15) is 4.79 Å². The third-order valence-corrected chi connectivity index (χ3v) is 2.81. The van der Waals surface area contributed by atoms with Gasteiger partial charge >= 0.3 is 5.97 Å². The summed E-state index contributed by atoms with van der Waals surface area (Å²) in [4.78, 5) is 11.1. The van der Waals surface area contributed by atoms with Gasteiger partial charge in [0.15, 0.2) is 6.61 Å². The molecule has 0 atom stereocenters. The molecule has 4 nitrogen and oxygen atoms in total. The standard InChI is InChI=1S/C13H16O4/c1-9-5-6-11-10(4-3-7-16-11)13(9)17-8-12(14)15-2/h5-6H,3-4,7-8H2,1-2H3. The molecule has 1 heterocycles. The number of carbonyl (C=O) groups excluding carboxylic acids is 1. The van der Waals surface area contributed by atoms with E-state index in [1.807, 2.05) is 19.1 Å². The van der Waals surface area contributed by atoms with Gasteiger partial charge in [0.2, 0.25) is 0 Å². The summed E-state index contributed by atoms with van der Waals surface area (Å²) in [6, 6.07) is 3.89. The second-order valence-electron chi connectivity index (χ2n) is 4.01. The Morgan fingerprint density at radius 3 is 3.06 bits per heavy atom. The lowest BCUT2D eigenvalue weighted by molar-refractivity contribution is -0.142. The molecule has 17 heavy (non-hydrogen) atoms. The Morgan fingerprint density at radius 1 is 1.47 bits per heavy atom. The van der Waals surface area contributed by atoms with Crippen molar-refractivity contribution in [1.82, 2.24) is 0 Å². The van der Waals surface area contributed by atoms with Crippen molar-refractivity contribution in [3.05, 3.63) is 23.3 Å². The number of fused-ring (bicyclic) bond motifs is 1. The van der Waals surface area contributed by atoms with Gasteiger partial charge < -0.3 is 14.2 Å². The lowest BCUT2D eigenvalue weighted by atomic mass is 10.0. The molecule has 0 amide bonds. The molecule has 4 heteroatoms. The number of aryl methyl sites for hydroxylation is 1. The van der Waals surface area contributed by atoms with Crippen LogP contribution in [0.4, 0.5) is 0 Å². The number of hydrogen-bond donors (Lipinski definition) is 0. The zero-order valence-electron chi connectivity index (χ0n) is 10.1. The minimum atomic E-state index is -0.376. The lowest BCUT2D eigenvalue weighted by Gasteiger charge is -2.21. The molecule has 1 aliphatic rings. The van der Waals surface area contributed by atoms with Crippen molar-refractivity contribution < 1.29 is 19.0 Å². The maximum atomic E-state index is 11.1. The molecular weight excluding hydrogens is 220 g/mol. The van der Waals surface area contributed by atoms with Crippen molar-refractivity contribution >= 4 is 5.97 Å². The van der Waals surface area contributed by atoms with E-state index < -0.39 is 0 Å². The first-order chi connectivity index (χ1) is 8.22. The molecule has 0 aliphatic carbocycles. The summed E-state index contributed by atoms with van der Waals surface area (Å²) in [5, 5.41) is 0. The van der Waals surface area contributed by atoms with E-state index in [4.69, 9.17) is 9.47 Å². The molecule has 2 rings (SSSR count). The molecule has 0 N–H and O–H groups in total. The summed E-state index contributed by atoms with van der Waals surface area (Å²) >= 11 is 0. The molecule has 0 saturated heterocycles. The van der Waals surface area contributed by atoms with E-state index in [0.29, 0.717) is 0 Å². The summed E-state index contributed by atoms with van der Waals surface area (Å²) in [5.74, 6) is 1.24. The van der Waals surface area contributed by atoms with E-state index in [-0.39, 0.29) is 12.6 Å². The molecule has 92 valence electrons. The molecule has 0 spiro atoms. The number of carbonyl (C=O) groups is 1. The van der Waals surface area contributed by atoms with Crippen LogP contribution in [0.15, 0.2) is 12.1 Å². The van der Waals surface area contributed by atoms with Gasteiger partial charge in [-0.05, 0) is 31.4 Å². The predicted octanol–water partition coefficient (Wildman–Crippen LogP) is 1.87. The van der Waals surface area contributed by atoms with Crippen LogP contribution in [0.1, 0.15) is 17.5 Å². The van der Waals surface area contributed by atoms with E-state index in [1.54, 1.807) is 0 Å². The summed E-state index contributed by atoms with van der Waals surface area (Å²) in [7, 11) is 1.35. The second kappa shape index (κ2) is 5.08. The molecule has 0 fully saturated rings. The highest BCUT2D eigenvalue weighted by Crippen LogP contribution is 2.35. The van der Waals surface area contributed by atoms with E-state index in [0.717, 1.165) is 42.1 Å². The Kier molecular flexibility index (Phi) is 3.52. The van der Waals surface area contributed by atoms with Gasteiger partial charge in [0.05, 0.1) is 13.7 Å². The average molecular weight is 236 g/mol. The smallest absolute Gasteiger partial charge is 0.343 e. The summed E-state index contributed by atoms with van der Waals surface area (Å²) < 4.78 is 15.7. The van der Waals surface area contributed by atoms with Crippen LogP contribution >= 0.6 is 0 Å². The fourth-order valence-corrected chi connectivity index (χ4v) is 1.92. The van der Waals surface area contributed by atoms with Gasteiger partial charge in [-0.3, -0.25) is 0 Å². The lowest BCUT2D eigenvalue weighted by Crippen LogP contribution is -2.16. The van der Waals surface area contributed by atoms with Crippen LogP contribution in [0, 0.1) is 6.92 Å². The van der Waals surface area contributed by atoms with Crippen LogP contribution in [0.2, 0.25) is 0 Å².